The molecule has 2 rings (SSSR count). The van der Waals surface area contributed by atoms with Gasteiger partial charge in [-0.2, -0.15) is 0 Å². The number of aryl methyl sites for hydroxylation is 2. The minimum Gasteiger partial charge on any atom is -0.382 e. The molecule has 0 aliphatic carbocycles. The highest BCUT2D eigenvalue weighted by Crippen LogP contribution is 2.09. The Morgan fingerprint density at radius 2 is 2.24 bits per heavy atom. The molecule has 5 heteroatoms. The Morgan fingerprint density at radius 3 is 3.00 bits per heavy atom. The van der Waals surface area contributed by atoms with Crippen LogP contribution in [0.5, 0.6) is 0 Å². The van der Waals surface area contributed by atoms with Gasteiger partial charge >= 0.3 is 0 Å². The van der Waals surface area contributed by atoms with Crippen LogP contribution in [0.3, 0.4) is 0 Å². The molecule has 0 aromatic carbocycles. The van der Waals surface area contributed by atoms with Gasteiger partial charge in [0.25, 0.3) is 0 Å². The van der Waals surface area contributed by atoms with E-state index in [9.17, 15) is 0 Å². The fourth-order valence-corrected chi connectivity index (χ4v) is 2.19. The summed E-state index contributed by atoms with van der Waals surface area (Å²) in [5.74, 6) is 0.930. The number of ether oxygens (including phenoxy) is 1. The first kappa shape index (κ1) is 15.5. The van der Waals surface area contributed by atoms with Crippen LogP contribution < -0.4 is 5.32 Å². The topological polar surface area (TPSA) is 52.0 Å². The average Bonchev–Trinajstić information content (AvgIpc) is 2.85. The standard InChI is InChI=1S/C16H24N4O/c1-3-21-12-6-11-20-13-14(2)19-16(20)18-10-8-15-7-4-5-9-17-15/h4-5,7,9,13H,3,6,8,10-12H2,1-2H3,(H,18,19). The van der Waals surface area contributed by atoms with E-state index in [1.807, 2.05) is 38.2 Å². The molecule has 0 aliphatic heterocycles. The van der Waals surface area contributed by atoms with E-state index in [-0.39, 0.29) is 0 Å². The molecule has 0 aliphatic rings. The number of nitrogens with one attached hydrogen (secondary N) is 1. The van der Waals surface area contributed by atoms with Gasteiger partial charge in [-0.1, -0.05) is 6.07 Å². The van der Waals surface area contributed by atoms with Gasteiger partial charge in [-0.25, -0.2) is 4.98 Å². The van der Waals surface area contributed by atoms with Crippen LogP contribution in [0.25, 0.3) is 0 Å². The van der Waals surface area contributed by atoms with Crippen molar-refractivity contribution in [3.63, 3.8) is 0 Å². The molecule has 114 valence electrons. The van der Waals surface area contributed by atoms with Crippen molar-refractivity contribution in [3.05, 3.63) is 42.0 Å². The second kappa shape index (κ2) is 8.42. The van der Waals surface area contributed by atoms with E-state index in [1.165, 1.54) is 0 Å². The number of anilines is 1. The fraction of sp³-hybridized carbons (Fsp3) is 0.500. The molecular formula is C16H24N4O. The van der Waals surface area contributed by atoms with Crippen molar-refractivity contribution >= 4 is 5.95 Å². The van der Waals surface area contributed by atoms with E-state index in [4.69, 9.17) is 4.74 Å². The zero-order chi connectivity index (χ0) is 14.9. The summed E-state index contributed by atoms with van der Waals surface area (Å²) in [5, 5.41) is 3.39. The minimum atomic E-state index is 0.776. The zero-order valence-corrected chi connectivity index (χ0v) is 12.9. The largest absolute Gasteiger partial charge is 0.382 e. The molecule has 0 unspecified atom stereocenters. The molecule has 2 heterocycles. The number of imidazole rings is 1. The average molecular weight is 288 g/mol. The lowest BCUT2D eigenvalue weighted by Gasteiger charge is -2.09. The third kappa shape index (κ3) is 5.19. The molecular weight excluding hydrogens is 264 g/mol. The van der Waals surface area contributed by atoms with E-state index in [0.717, 1.165) is 56.5 Å². The number of hydrogen-bond acceptors (Lipinski definition) is 4. The van der Waals surface area contributed by atoms with E-state index < -0.39 is 0 Å². The van der Waals surface area contributed by atoms with Gasteiger partial charge in [0, 0.05) is 50.8 Å². The van der Waals surface area contributed by atoms with Crippen LogP contribution >= 0.6 is 0 Å². The van der Waals surface area contributed by atoms with Crippen molar-refractivity contribution in [1.82, 2.24) is 14.5 Å². The number of aromatic nitrogens is 3. The lowest BCUT2D eigenvalue weighted by Crippen LogP contribution is -2.12. The molecule has 0 fully saturated rings. The van der Waals surface area contributed by atoms with E-state index in [1.54, 1.807) is 0 Å². The summed E-state index contributed by atoms with van der Waals surface area (Å²) in [5.41, 5.74) is 2.13. The Balaban J connectivity index is 1.82. The van der Waals surface area contributed by atoms with Crippen LogP contribution in [-0.2, 0) is 17.7 Å². The van der Waals surface area contributed by atoms with Crippen LogP contribution in [0, 0.1) is 6.92 Å². The molecule has 0 spiro atoms. The molecule has 2 aromatic heterocycles. The third-order valence-electron chi connectivity index (χ3n) is 3.18. The van der Waals surface area contributed by atoms with Gasteiger partial charge in [0.1, 0.15) is 0 Å². The van der Waals surface area contributed by atoms with Crippen LogP contribution in [0.2, 0.25) is 0 Å². The van der Waals surface area contributed by atoms with Crippen molar-refractivity contribution in [1.29, 1.82) is 0 Å². The Bertz CT molecular complexity index is 524. The smallest absolute Gasteiger partial charge is 0.203 e. The van der Waals surface area contributed by atoms with Crippen molar-refractivity contribution in [2.24, 2.45) is 0 Å². The third-order valence-corrected chi connectivity index (χ3v) is 3.18. The molecule has 0 saturated heterocycles. The van der Waals surface area contributed by atoms with Gasteiger partial charge in [0.2, 0.25) is 5.95 Å². The van der Waals surface area contributed by atoms with Crippen molar-refractivity contribution in [2.75, 3.05) is 25.1 Å². The highest BCUT2D eigenvalue weighted by molar-refractivity contribution is 5.29. The molecule has 21 heavy (non-hydrogen) atoms. The first-order valence-corrected chi connectivity index (χ1v) is 7.55. The lowest BCUT2D eigenvalue weighted by molar-refractivity contribution is 0.142. The summed E-state index contributed by atoms with van der Waals surface area (Å²) >= 11 is 0. The Kier molecular flexibility index (Phi) is 6.22. The van der Waals surface area contributed by atoms with Crippen LogP contribution in [0.15, 0.2) is 30.6 Å². The van der Waals surface area contributed by atoms with E-state index >= 15 is 0 Å². The maximum absolute atomic E-state index is 5.38. The summed E-state index contributed by atoms with van der Waals surface area (Å²) in [6, 6.07) is 5.99. The van der Waals surface area contributed by atoms with Gasteiger partial charge in [-0.15, -0.1) is 0 Å². The maximum atomic E-state index is 5.38. The van der Waals surface area contributed by atoms with Gasteiger partial charge in [-0.3, -0.25) is 4.98 Å². The molecule has 2 aromatic rings. The molecule has 0 atom stereocenters. The number of rotatable bonds is 9. The summed E-state index contributed by atoms with van der Waals surface area (Å²) in [6.07, 6.45) is 5.80. The zero-order valence-electron chi connectivity index (χ0n) is 12.9. The predicted molar refractivity (Wildman–Crippen MR) is 84.5 cm³/mol. The van der Waals surface area contributed by atoms with Gasteiger partial charge in [0.05, 0.1) is 5.69 Å². The van der Waals surface area contributed by atoms with Gasteiger partial charge < -0.3 is 14.6 Å². The first-order valence-electron chi connectivity index (χ1n) is 7.55. The molecule has 0 bridgehead atoms. The van der Waals surface area contributed by atoms with E-state index in [2.05, 4.69) is 26.0 Å². The van der Waals surface area contributed by atoms with Crippen LogP contribution in [-0.4, -0.2) is 34.3 Å². The molecule has 5 nitrogen and oxygen atoms in total. The van der Waals surface area contributed by atoms with Crippen molar-refractivity contribution < 1.29 is 4.74 Å². The monoisotopic (exact) mass is 288 g/mol. The summed E-state index contributed by atoms with van der Waals surface area (Å²) in [7, 11) is 0. The summed E-state index contributed by atoms with van der Waals surface area (Å²) < 4.78 is 7.54. The molecule has 0 radical (unpaired) electrons. The molecule has 0 saturated carbocycles. The Labute approximate surface area is 126 Å². The van der Waals surface area contributed by atoms with E-state index in [0.29, 0.717) is 0 Å². The Hall–Kier alpha value is -1.88. The Morgan fingerprint density at radius 1 is 1.33 bits per heavy atom. The fourth-order valence-electron chi connectivity index (χ4n) is 2.19. The quantitative estimate of drug-likeness (QED) is 0.721. The normalized spacial score (nSPS) is 10.8. The SMILES string of the molecule is CCOCCCn1cc(C)nc1NCCc1ccccn1. The number of nitrogens with zero attached hydrogens (tertiary/aromatic N) is 3. The highest BCUT2D eigenvalue weighted by Gasteiger charge is 2.05. The second-order valence-corrected chi connectivity index (χ2v) is 4.95. The first-order chi connectivity index (χ1) is 10.3. The minimum absolute atomic E-state index is 0.776. The number of pyridine rings is 1. The summed E-state index contributed by atoms with van der Waals surface area (Å²) in [6.45, 7) is 7.36. The van der Waals surface area contributed by atoms with Crippen molar-refractivity contribution in [2.45, 2.75) is 33.2 Å². The number of hydrogen-bond donors (Lipinski definition) is 1. The maximum Gasteiger partial charge on any atom is 0.203 e. The van der Waals surface area contributed by atoms with Gasteiger partial charge in [0.15, 0.2) is 0 Å². The summed E-state index contributed by atoms with van der Waals surface area (Å²) in [4.78, 5) is 8.86. The van der Waals surface area contributed by atoms with Crippen molar-refractivity contribution in [3.8, 4) is 0 Å². The predicted octanol–water partition coefficient (Wildman–Crippen LogP) is 2.67. The van der Waals surface area contributed by atoms with Gasteiger partial charge in [-0.05, 0) is 32.4 Å². The lowest BCUT2D eigenvalue weighted by atomic mass is 10.3. The van der Waals surface area contributed by atoms with Crippen LogP contribution in [0.1, 0.15) is 24.7 Å². The molecule has 1 N–H and O–H groups in total. The second-order valence-electron chi connectivity index (χ2n) is 4.95. The van der Waals surface area contributed by atoms with Crippen LogP contribution in [0.4, 0.5) is 5.95 Å². The molecule has 0 amide bonds. The highest BCUT2D eigenvalue weighted by atomic mass is 16.5.